The average molecular weight is 521 g/mol. The van der Waals surface area contributed by atoms with Crippen molar-refractivity contribution in [3.05, 3.63) is 107 Å². The second-order valence-electron chi connectivity index (χ2n) is 9.90. The number of aromatic nitrogens is 2. The number of hydrogen-bond acceptors (Lipinski definition) is 6. The molecule has 0 bridgehead atoms. The first-order valence-corrected chi connectivity index (χ1v) is 13.5. The maximum absolute atomic E-state index is 13.6. The molecular formula is C32H32N4O3. The van der Waals surface area contributed by atoms with E-state index in [1.54, 1.807) is 7.11 Å². The highest BCUT2D eigenvalue weighted by molar-refractivity contribution is 5.95. The van der Waals surface area contributed by atoms with Crippen LogP contribution in [-0.2, 0) is 24.1 Å². The highest BCUT2D eigenvalue weighted by atomic mass is 16.5. The molecule has 0 spiro atoms. The molecular weight excluding hydrogens is 488 g/mol. The van der Waals surface area contributed by atoms with Crippen LogP contribution < -0.4 is 9.64 Å². The Morgan fingerprint density at radius 3 is 2.36 bits per heavy atom. The first-order valence-electron chi connectivity index (χ1n) is 13.5. The third kappa shape index (κ3) is 5.36. The molecule has 198 valence electrons. The summed E-state index contributed by atoms with van der Waals surface area (Å²) >= 11 is 0. The summed E-state index contributed by atoms with van der Waals surface area (Å²) in [7, 11) is 1.69. The largest absolute Gasteiger partial charge is 0.496 e. The van der Waals surface area contributed by atoms with E-state index in [1.807, 2.05) is 65.6 Å². The van der Waals surface area contributed by atoms with Gasteiger partial charge in [-0.3, -0.25) is 4.79 Å². The van der Waals surface area contributed by atoms with Crippen molar-refractivity contribution in [1.29, 1.82) is 0 Å². The maximum Gasteiger partial charge on any atom is 0.254 e. The number of carbonyl (C=O) groups excluding carboxylic acids is 1. The van der Waals surface area contributed by atoms with Crippen molar-refractivity contribution in [3.63, 3.8) is 0 Å². The first-order chi connectivity index (χ1) is 19.2. The van der Waals surface area contributed by atoms with Crippen molar-refractivity contribution >= 4 is 11.7 Å². The zero-order valence-electron chi connectivity index (χ0n) is 22.2. The summed E-state index contributed by atoms with van der Waals surface area (Å²) in [6.07, 6.45) is 1.28. The molecule has 6 rings (SSSR count). The molecule has 1 amide bonds. The number of hydrogen-bond donors (Lipinski definition) is 0. The Hall–Kier alpha value is -4.23. The number of amides is 1. The van der Waals surface area contributed by atoms with Crippen LogP contribution >= 0.6 is 0 Å². The van der Waals surface area contributed by atoms with Crippen LogP contribution in [0.5, 0.6) is 5.75 Å². The monoisotopic (exact) mass is 520 g/mol. The van der Waals surface area contributed by atoms with Crippen LogP contribution in [0.2, 0.25) is 0 Å². The molecule has 0 N–H and O–H groups in total. The van der Waals surface area contributed by atoms with E-state index in [0.717, 1.165) is 58.4 Å². The predicted octanol–water partition coefficient (Wildman–Crippen LogP) is 4.78. The fourth-order valence-electron chi connectivity index (χ4n) is 5.37. The van der Waals surface area contributed by atoms with Gasteiger partial charge in [-0.25, -0.2) is 9.97 Å². The van der Waals surface area contributed by atoms with Gasteiger partial charge in [-0.1, -0.05) is 60.7 Å². The normalized spacial score (nSPS) is 15.1. The number of rotatable bonds is 6. The lowest BCUT2D eigenvalue weighted by atomic mass is 10.0. The predicted molar refractivity (Wildman–Crippen MR) is 151 cm³/mol. The molecule has 3 heterocycles. The van der Waals surface area contributed by atoms with Gasteiger partial charge in [0, 0.05) is 49.2 Å². The maximum atomic E-state index is 13.6. The minimum atomic E-state index is 0.0336. The van der Waals surface area contributed by atoms with E-state index in [-0.39, 0.29) is 5.91 Å². The summed E-state index contributed by atoms with van der Waals surface area (Å²) in [6.45, 7) is 3.99. The Balaban J connectivity index is 1.27. The molecule has 1 saturated heterocycles. The van der Waals surface area contributed by atoms with Crippen molar-refractivity contribution in [2.24, 2.45) is 0 Å². The topological polar surface area (TPSA) is 67.8 Å². The number of ether oxygens (including phenoxy) is 2. The van der Waals surface area contributed by atoms with Gasteiger partial charge in [-0.05, 0) is 29.3 Å². The van der Waals surface area contributed by atoms with Crippen LogP contribution in [0.4, 0.5) is 5.82 Å². The number of nitrogens with zero attached hydrogens (tertiary/aromatic N) is 4. The molecule has 0 unspecified atom stereocenters. The van der Waals surface area contributed by atoms with E-state index in [2.05, 4.69) is 23.1 Å². The quantitative estimate of drug-likeness (QED) is 0.365. The summed E-state index contributed by atoms with van der Waals surface area (Å²) in [5, 5.41) is 0. The number of benzene rings is 3. The van der Waals surface area contributed by atoms with Gasteiger partial charge in [0.15, 0.2) is 0 Å². The van der Waals surface area contributed by atoms with Gasteiger partial charge in [-0.15, -0.1) is 0 Å². The fraction of sp³-hybridized carbons (Fsp3) is 0.281. The van der Waals surface area contributed by atoms with Gasteiger partial charge in [0.2, 0.25) is 0 Å². The Morgan fingerprint density at radius 2 is 1.59 bits per heavy atom. The summed E-state index contributed by atoms with van der Waals surface area (Å²) in [6, 6.07) is 26.1. The minimum absolute atomic E-state index is 0.0336. The summed E-state index contributed by atoms with van der Waals surface area (Å²) in [5.41, 5.74) is 6.06. The summed E-state index contributed by atoms with van der Waals surface area (Å²) in [5.74, 6) is 2.56. The van der Waals surface area contributed by atoms with Crippen LogP contribution in [0.15, 0.2) is 78.9 Å². The number of carbonyl (C=O) groups is 1. The molecule has 3 aromatic carbocycles. The number of methoxy groups -OCH3 is 1. The third-order valence-electron chi connectivity index (χ3n) is 7.46. The van der Waals surface area contributed by atoms with E-state index in [0.29, 0.717) is 44.7 Å². The zero-order chi connectivity index (χ0) is 26.6. The highest BCUT2D eigenvalue weighted by Gasteiger charge is 2.29. The van der Waals surface area contributed by atoms with Gasteiger partial charge in [0.05, 0.1) is 32.6 Å². The van der Waals surface area contributed by atoms with Gasteiger partial charge < -0.3 is 19.3 Å². The average Bonchev–Trinajstić information content (AvgIpc) is 3.01. The van der Waals surface area contributed by atoms with E-state index in [4.69, 9.17) is 19.4 Å². The molecule has 0 atom stereocenters. The Morgan fingerprint density at radius 1 is 0.872 bits per heavy atom. The Kier molecular flexibility index (Phi) is 7.23. The molecule has 7 heteroatoms. The second-order valence-corrected chi connectivity index (χ2v) is 9.90. The minimum Gasteiger partial charge on any atom is -0.496 e. The SMILES string of the molecule is COc1ccccc1Cc1nc2c(c(N3CCOCC3)n1)CN(C(=O)c1ccc(-c3ccccc3)cc1)CC2. The van der Waals surface area contributed by atoms with Crippen LogP contribution in [0.25, 0.3) is 11.1 Å². The van der Waals surface area contributed by atoms with Crippen molar-refractivity contribution in [2.75, 3.05) is 44.9 Å². The smallest absolute Gasteiger partial charge is 0.254 e. The highest BCUT2D eigenvalue weighted by Crippen LogP contribution is 2.30. The lowest BCUT2D eigenvalue weighted by molar-refractivity contribution is 0.0733. The number of morpholine rings is 1. The summed E-state index contributed by atoms with van der Waals surface area (Å²) in [4.78, 5) is 27.8. The lowest BCUT2D eigenvalue weighted by Crippen LogP contribution is -2.41. The molecule has 0 aliphatic carbocycles. The summed E-state index contributed by atoms with van der Waals surface area (Å²) < 4.78 is 11.2. The number of para-hydroxylation sites is 1. The van der Waals surface area contributed by atoms with Gasteiger partial charge in [-0.2, -0.15) is 0 Å². The standard InChI is InChI=1S/C32H32N4O3/c1-38-29-10-6-5-9-26(29)21-30-33-28-15-16-36(22-27(28)31(34-30)35-17-19-39-20-18-35)32(37)25-13-11-24(12-14-25)23-7-3-2-4-8-23/h2-14H,15-22H2,1H3. The first kappa shape index (κ1) is 25.1. The molecule has 2 aliphatic rings. The second kappa shape index (κ2) is 11.3. The lowest BCUT2D eigenvalue weighted by Gasteiger charge is -2.34. The van der Waals surface area contributed by atoms with Crippen LogP contribution in [-0.4, -0.2) is 60.7 Å². The fourth-order valence-corrected chi connectivity index (χ4v) is 5.37. The van der Waals surface area contributed by atoms with Crippen molar-refractivity contribution in [2.45, 2.75) is 19.4 Å². The van der Waals surface area contributed by atoms with Crippen molar-refractivity contribution in [3.8, 4) is 16.9 Å². The van der Waals surface area contributed by atoms with E-state index >= 15 is 0 Å². The van der Waals surface area contributed by atoms with Gasteiger partial charge in [0.25, 0.3) is 5.91 Å². The zero-order valence-corrected chi connectivity index (χ0v) is 22.2. The van der Waals surface area contributed by atoms with Crippen LogP contribution in [0, 0.1) is 0 Å². The van der Waals surface area contributed by atoms with Crippen LogP contribution in [0.3, 0.4) is 0 Å². The van der Waals surface area contributed by atoms with Crippen molar-refractivity contribution < 1.29 is 14.3 Å². The van der Waals surface area contributed by atoms with E-state index < -0.39 is 0 Å². The molecule has 1 aromatic heterocycles. The molecule has 4 aromatic rings. The number of anilines is 1. The van der Waals surface area contributed by atoms with Crippen molar-refractivity contribution in [1.82, 2.24) is 14.9 Å². The molecule has 7 nitrogen and oxygen atoms in total. The molecule has 39 heavy (non-hydrogen) atoms. The third-order valence-corrected chi connectivity index (χ3v) is 7.46. The molecule has 1 fully saturated rings. The van der Waals surface area contributed by atoms with E-state index in [1.165, 1.54) is 0 Å². The van der Waals surface area contributed by atoms with E-state index in [9.17, 15) is 4.79 Å². The Labute approximate surface area is 229 Å². The van der Waals surface area contributed by atoms with Crippen LogP contribution in [0.1, 0.15) is 33.0 Å². The molecule has 0 radical (unpaired) electrons. The van der Waals surface area contributed by atoms with Gasteiger partial charge in [0.1, 0.15) is 17.4 Å². The van der Waals surface area contributed by atoms with Gasteiger partial charge >= 0.3 is 0 Å². The Bertz CT molecular complexity index is 1450. The molecule has 2 aliphatic heterocycles. The number of fused-ring (bicyclic) bond motifs is 1. The molecule has 0 saturated carbocycles.